The van der Waals surface area contributed by atoms with Gasteiger partial charge in [-0.05, 0) is 19.4 Å². The van der Waals surface area contributed by atoms with E-state index in [9.17, 15) is 20.0 Å². The zero-order valence-corrected chi connectivity index (χ0v) is 10.7. The molecule has 1 aliphatic rings. The molecule has 1 aliphatic heterocycles. The molecule has 1 aromatic heterocycles. The highest BCUT2D eigenvalue weighted by Gasteiger charge is 2.42. The summed E-state index contributed by atoms with van der Waals surface area (Å²) in [5.41, 5.74) is -1.41. The summed E-state index contributed by atoms with van der Waals surface area (Å²) in [5, 5.41) is 29.2. The van der Waals surface area contributed by atoms with Gasteiger partial charge in [-0.3, -0.25) is 14.9 Å². The first-order chi connectivity index (χ1) is 9.39. The predicted octanol–water partition coefficient (Wildman–Crippen LogP) is 1.16. The SMILES string of the molecule is CC1(C(=O)O)CCN(c2nccc(C#N)c2[N+](=O)[O-])C1. The highest BCUT2D eigenvalue weighted by molar-refractivity contribution is 5.77. The summed E-state index contributed by atoms with van der Waals surface area (Å²) in [6, 6.07) is 3.03. The van der Waals surface area contributed by atoms with Gasteiger partial charge >= 0.3 is 11.7 Å². The van der Waals surface area contributed by atoms with Crippen molar-refractivity contribution in [3.05, 3.63) is 27.9 Å². The van der Waals surface area contributed by atoms with E-state index in [1.165, 1.54) is 12.3 Å². The van der Waals surface area contributed by atoms with Crippen molar-refractivity contribution in [1.29, 1.82) is 5.26 Å². The monoisotopic (exact) mass is 276 g/mol. The van der Waals surface area contributed by atoms with E-state index in [2.05, 4.69) is 4.98 Å². The zero-order valence-electron chi connectivity index (χ0n) is 10.7. The minimum atomic E-state index is -0.960. The molecule has 2 rings (SSSR count). The van der Waals surface area contributed by atoms with Crippen LogP contribution in [-0.2, 0) is 4.79 Å². The van der Waals surface area contributed by atoms with Gasteiger partial charge in [0, 0.05) is 19.3 Å². The first-order valence-corrected chi connectivity index (χ1v) is 5.91. The van der Waals surface area contributed by atoms with Gasteiger partial charge in [0.25, 0.3) is 0 Å². The molecule has 0 spiro atoms. The second-order valence-electron chi connectivity index (χ2n) is 4.94. The van der Waals surface area contributed by atoms with Crippen molar-refractivity contribution in [2.45, 2.75) is 13.3 Å². The number of nitro groups is 1. The fraction of sp³-hybridized carbons (Fsp3) is 0.417. The van der Waals surface area contributed by atoms with E-state index in [4.69, 9.17) is 5.26 Å². The molecule has 0 amide bonds. The number of carboxylic acid groups (broad SMARTS) is 1. The first kappa shape index (κ1) is 13.7. The molecule has 0 radical (unpaired) electrons. The molecule has 1 N–H and O–H groups in total. The Morgan fingerprint density at radius 3 is 2.90 bits per heavy atom. The number of hydrogen-bond donors (Lipinski definition) is 1. The number of nitriles is 1. The number of rotatable bonds is 3. The van der Waals surface area contributed by atoms with Gasteiger partial charge in [-0.1, -0.05) is 0 Å². The number of hydrogen-bond acceptors (Lipinski definition) is 6. The summed E-state index contributed by atoms with van der Waals surface area (Å²) in [6.07, 6.45) is 1.69. The van der Waals surface area contributed by atoms with E-state index in [1.807, 2.05) is 0 Å². The number of carbonyl (C=O) groups is 1. The fourth-order valence-electron chi connectivity index (χ4n) is 2.26. The molecule has 0 aromatic carbocycles. The Labute approximate surface area is 114 Å². The van der Waals surface area contributed by atoms with Crippen LogP contribution in [0.5, 0.6) is 0 Å². The van der Waals surface area contributed by atoms with Crippen LogP contribution in [0.2, 0.25) is 0 Å². The van der Waals surface area contributed by atoms with Gasteiger partial charge in [0.2, 0.25) is 5.82 Å². The molecule has 2 heterocycles. The molecule has 0 bridgehead atoms. The second-order valence-corrected chi connectivity index (χ2v) is 4.94. The topological polar surface area (TPSA) is 120 Å². The maximum absolute atomic E-state index is 11.2. The summed E-state index contributed by atoms with van der Waals surface area (Å²) in [7, 11) is 0. The van der Waals surface area contributed by atoms with Crippen LogP contribution in [0.25, 0.3) is 0 Å². The molecular weight excluding hydrogens is 264 g/mol. The molecule has 1 saturated heterocycles. The molecule has 8 heteroatoms. The van der Waals surface area contributed by atoms with Crippen molar-refractivity contribution in [2.75, 3.05) is 18.0 Å². The lowest BCUT2D eigenvalue weighted by atomic mass is 9.90. The summed E-state index contributed by atoms with van der Waals surface area (Å²) < 4.78 is 0. The van der Waals surface area contributed by atoms with Crippen LogP contribution in [0.1, 0.15) is 18.9 Å². The van der Waals surface area contributed by atoms with Crippen LogP contribution in [0.15, 0.2) is 12.3 Å². The van der Waals surface area contributed by atoms with Crippen LogP contribution in [0, 0.1) is 26.9 Å². The van der Waals surface area contributed by atoms with Crippen molar-refractivity contribution in [3.8, 4) is 6.07 Å². The lowest BCUT2D eigenvalue weighted by Gasteiger charge is -2.20. The molecule has 0 saturated carbocycles. The third-order valence-corrected chi connectivity index (χ3v) is 3.50. The lowest BCUT2D eigenvalue weighted by molar-refractivity contribution is -0.384. The van der Waals surface area contributed by atoms with Crippen molar-refractivity contribution in [1.82, 2.24) is 4.98 Å². The molecule has 20 heavy (non-hydrogen) atoms. The highest BCUT2D eigenvalue weighted by Crippen LogP contribution is 2.37. The van der Waals surface area contributed by atoms with Crippen molar-refractivity contribution in [2.24, 2.45) is 5.41 Å². The molecule has 8 nitrogen and oxygen atoms in total. The number of pyridine rings is 1. The van der Waals surface area contributed by atoms with Gasteiger partial charge in [0.15, 0.2) is 0 Å². The van der Waals surface area contributed by atoms with Gasteiger partial charge in [-0.25, -0.2) is 4.98 Å². The Morgan fingerprint density at radius 2 is 2.40 bits per heavy atom. The summed E-state index contributed by atoms with van der Waals surface area (Å²) in [5.74, 6) is -0.891. The van der Waals surface area contributed by atoms with Crippen LogP contribution in [0.3, 0.4) is 0 Å². The van der Waals surface area contributed by atoms with Gasteiger partial charge in [-0.15, -0.1) is 0 Å². The van der Waals surface area contributed by atoms with E-state index in [-0.39, 0.29) is 23.6 Å². The first-order valence-electron chi connectivity index (χ1n) is 5.91. The number of aliphatic carboxylic acids is 1. The minimum Gasteiger partial charge on any atom is -0.481 e. The number of nitrogens with zero attached hydrogens (tertiary/aromatic N) is 4. The molecular formula is C12H12N4O4. The van der Waals surface area contributed by atoms with Crippen LogP contribution in [-0.4, -0.2) is 34.1 Å². The third-order valence-electron chi connectivity index (χ3n) is 3.50. The van der Waals surface area contributed by atoms with Crippen LogP contribution in [0.4, 0.5) is 11.5 Å². The number of anilines is 1. The third kappa shape index (κ3) is 2.14. The maximum Gasteiger partial charge on any atom is 0.329 e. The highest BCUT2D eigenvalue weighted by atomic mass is 16.6. The fourth-order valence-corrected chi connectivity index (χ4v) is 2.26. The maximum atomic E-state index is 11.2. The van der Waals surface area contributed by atoms with E-state index in [0.29, 0.717) is 13.0 Å². The Morgan fingerprint density at radius 1 is 1.70 bits per heavy atom. The Hall–Kier alpha value is -2.69. The second kappa shape index (κ2) is 4.77. The van der Waals surface area contributed by atoms with E-state index in [1.54, 1.807) is 17.9 Å². The molecule has 0 aliphatic carbocycles. The van der Waals surface area contributed by atoms with Gasteiger partial charge < -0.3 is 10.0 Å². The minimum absolute atomic E-state index is 0.0547. The molecule has 1 atom stereocenters. The quantitative estimate of drug-likeness (QED) is 0.649. The van der Waals surface area contributed by atoms with Crippen LogP contribution < -0.4 is 4.90 Å². The van der Waals surface area contributed by atoms with Crippen molar-refractivity contribution in [3.63, 3.8) is 0 Å². The van der Waals surface area contributed by atoms with E-state index < -0.39 is 16.3 Å². The van der Waals surface area contributed by atoms with E-state index in [0.717, 1.165) is 0 Å². The Bertz CT molecular complexity index is 624. The van der Waals surface area contributed by atoms with Crippen molar-refractivity contribution >= 4 is 17.5 Å². The summed E-state index contributed by atoms with van der Waals surface area (Å²) in [6.45, 7) is 2.08. The normalized spacial score (nSPS) is 21.5. The summed E-state index contributed by atoms with van der Waals surface area (Å²) in [4.78, 5) is 27.2. The molecule has 104 valence electrons. The Balaban J connectivity index is 2.43. The number of aromatic nitrogens is 1. The largest absolute Gasteiger partial charge is 0.481 e. The van der Waals surface area contributed by atoms with Gasteiger partial charge in [-0.2, -0.15) is 5.26 Å². The molecule has 1 unspecified atom stereocenters. The van der Waals surface area contributed by atoms with Crippen molar-refractivity contribution < 1.29 is 14.8 Å². The van der Waals surface area contributed by atoms with Gasteiger partial charge in [0.05, 0.1) is 10.3 Å². The predicted molar refractivity (Wildman–Crippen MR) is 68.2 cm³/mol. The molecule has 1 fully saturated rings. The molecule has 1 aromatic rings. The summed E-state index contributed by atoms with van der Waals surface area (Å²) >= 11 is 0. The average Bonchev–Trinajstić information content (AvgIpc) is 2.81. The van der Waals surface area contributed by atoms with Crippen LogP contribution >= 0.6 is 0 Å². The Kier molecular flexibility index (Phi) is 3.28. The smallest absolute Gasteiger partial charge is 0.329 e. The average molecular weight is 276 g/mol. The lowest BCUT2D eigenvalue weighted by Crippen LogP contribution is -2.32. The standard InChI is InChI=1S/C12H12N4O4/c1-12(11(17)18)3-5-15(7-12)10-9(16(19)20)8(6-13)2-4-14-10/h2,4H,3,5,7H2,1H3,(H,17,18). The van der Waals surface area contributed by atoms with E-state index >= 15 is 0 Å². The van der Waals surface area contributed by atoms with Gasteiger partial charge in [0.1, 0.15) is 11.6 Å². The number of carboxylic acids is 1. The zero-order chi connectivity index (χ0) is 14.9.